The van der Waals surface area contributed by atoms with Gasteiger partial charge in [0.1, 0.15) is 5.75 Å². The SMILES string of the molecule is CC(Nc1cc(Br)ccc1Br)c1ccc2c(c1)CCO2. The van der Waals surface area contributed by atoms with Gasteiger partial charge in [0.05, 0.1) is 12.3 Å². The molecule has 0 radical (unpaired) electrons. The predicted octanol–water partition coefficient (Wildman–Crippen LogP) is 5.32. The highest BCUT2D eigenvalue weighted by atomic mass is 79.9. The average molecular weight is 397 g/mol. The van der Waals surface area contributed by atoms with Gasteiger partial charge in [-0.1, -0.05) is 22.0 Å². The monoisotopic (exact) mass is 395 g/mol. The Hall–Kier alpha value is -1.00. The first-order valence-corrected chi connectivity index (χ1v) is 8.19. The largest absolute Gasteiger partial charge is 0.493 e. The average Bonchev–Trinajstić information content (AvgIpc) is 2.90. The maximum atomic E-state index is 5.55. The minimum atomic E-state index is 0.242. The molecule has 0 aromatic heterocycles. The van der Waals surface area contributed by atoms with Crippen molar-refractivity contribution in [3.63, 3.8) is 0 Å². The number of anilines is 1. The molecule has 0 aliphatic carbocycles. The first-order valence-electron chi connectivity index (χ1n) is 6.61. The van der Waals surface area contributed by atoms with Crippen LogP contribution in [-0.2, 0) is 6.42 Å². The molecule has 1 heterocycles. The molecule has 2 aromatic carbocycles. The minimum absolute atomic E-state index is 0.242. The van der Waals surface area contributed by atoms with E-state index in [2.05, 4.69) is 68.4 Å². The first kappa shape index (κ1) is 14.0. The summed E-state index contributed by atoms with van der Waals surface area (Å²) in [6.45, 7) is 2.97. The molecular weight excluding hydrogens is 382 g/mol. The molecule has 0 amide bonds. The molecule has 1 aliphatic rings. The molecule has 4 heteroatoms. The predicted molar refractivity (Wildman–Crippen MR) is 89.5 cm³/mol. The second-order valence-corrected chi connectivity index (χ2v) is 6.73. The molecule has 0 saturated heterocycles. The van der Waals surface area contributed by atoms with Gasteiger partial charge in [0.25, 0.3) is 0 Å². The molecule has 1 N–H and O–H groups in total. The van der Waals surface area contributed by atoms with Crippen molar-refractivity contribution in [3.8, 4) is 5.75 Å². The van der Waals surface area contributed by atoms with Crippen LogP contribution in [-0.4, -0.2) is 6.61 Å². The van der Waals surface area contributed by atoms with Crippen LogP contribution in [0.2, 0.25) is 0 Å². The quantitative estimate of drug-likeness (QED) is 0.757. The van der Waals surface area contributed by atoms with E-state index in [0.29, 0.717) is 0 Å². The van der Waals surface area contributed by atoms with E-state index >= 15 is 0 Å². The Morgan fingerprint density at radius 2 is 2.00 bits per heavy atom. The zero-order valence-electron chi connectivity index (χ0n) is 11.1. The topological polar surface area (TPSA) is 21.3 Å². The van der Waals surface area contributed by atoms with Crippen molar-refractivity contribution in [1.29, 1.82) is 0 Å². The van der Waals surface area contributed by atoms with Crippen molar-refractivity contribution >= 4 is 37.5 Å². The summed E-state index contributed by atoms with van der Waals surface area (Å²) >= 11 is 7.08. The third-order valence-electron chi connectivity index (χ3n) is 3.51. The highest BCUT2D eigenvalue weighted by Gasteiger charge is 2.15. The van der Waals surface area contributed by atoms with E-state index in [1.54, 1.807) is 0 Å². The Bertz CT molecular complexity index is 642. The van der Waals surface area contributed by atoms with Crippen LogP contribution < -0.4 is 10.1 Å². The van der Waals surface area contributed by atoms with Crippen LogP contribution in [0.25, 0.3) is 0 Å². The summed E-state index contributed by atoms with van der Waals surface area (Å²) in [5.74, 6) is 1.03. The molecule has 104 valence electrons. The first-order chi connectivity index (χ1) is 9.63. The van der Waals surface area contributed by atoms with Crippen molar-refractivity contribution in [3.05, 3.63) is 56.5 Å². The van der Waals surface area contributed by atoms with Crippen molar-refractivity contribution in [1.82, 2.24) is 0 Å². The fourth-order valence-electron chi connectivity index (χ4n) is 2.40. The van der Waals surface area contributed by atoms with Crippen LogP contribution in [0.4, 0.5) is 5.69 Å². The highest BCUT2D eigenvalue weighted by Crippen LogP contribution is 2.32. The van der Waals surface area contributed by atoms with Gasteiger partial charge in [-0.25, -0.2) is 0 Å². The lowest BCUT2D eigenvalue weighted by Crippen LogP contribution is -2.07. The lowest BCUT2D eigenvalue weighted by atomic mass is 10.0. The number of nitrogens with one attached hydrogen (secondary N) is 1. The fourth-order valence-corrected chi connectivity index (χ4v) is 3.12. The van der Waals surface area contributed by atoms with Crippen molar-refractivity contribution in [2.45, 2.75) is 19.4 Å². The maximum Gasteiger partial charge on any atom is 0.122 e. The van der Waals surface area contributed by atoms with Crippen LogP contribution >= 0.6 is 31.9 Å². The summed E-state index contributed by atoms with van der Waals surface area (Å²) in [6.07, 6.45) is 1.01. The van der Waals surface area contributed by atoms with Gasteiger partial charge in [0, 0.05) is 21.4 Å². The van der Waals surface area contributed by atoms with Gasteiger partial charge < -0.3 is 10.1 Å². The molecule has 1 aliphatic heterocycles. The Morgan fingerprint density at radius 1 is 1.15 bits per heavy atom. The van der Waals surface area contributed by atoms with Crippen molar-refractivity contribution in [2.24, 2.45) is 0 Å². The zero-order chi connectivity index (χ0) is 14.1. The number of benzene rings is 2. The van der Waals surface area contributed by atoms with Gasteiger partial charge in [-0.3, -0.25) is 0 Å². The number of hydrogen-bond donors (Lipinski definition) is 1. The third-order valence-corrected chi connectivity index (χ3v) is 4.70. The Morgan fingerprint density at radius 3 is 2.85 bits per heavy atom. The number of fused-ring (bicyclic) bond motifs is 1. The normalized spacial score (nSPS) is 14.6. The van der Waals surface area contributed by atoms with Crippen LogP contribution in [0.1, 0.15) is 24.1 Å². The van der Waals surface area contributed by atoms with Gasteiger partial charge in [0.15, 0.2) is 0 Å². The summed E-state index contributed by atoms with van der Waals surface area (Å²) in [7, 11) is 0. The van der Waals surface area contributed by atoms with E-state index in [4.69, 9.17) is 4.74 Å². The van der Waals surface area contributed by atoms with E-state index in [-0.39, 0.29) is 6.04 Å². The van der Waals surface area contributed by atoms with E-state index in [9.17, 15) is 0 Å². The van der Waals surface area contributed by atoms with Gasteiger partial charge in [-0.15, -0.1) is 0 Å². The lowest BCUT2D eigenvalue weighted by Gasteiger charge is -2.18. The summed E-state index contributed by atoms with van der Waals surface area (Å²) in [5, 5.41) is 3.54. The summed E-state index contributed by atoms with van der Waals surface area (Å²) in [4.78, 5) is 0. The molecule has 0 spiro atoms. The van der Waals surface area contributed by atoms with Gasteiger partial charge in [0.2, 0.25) is 0 Å². The summed E-state index contributed by atoms with van der Waals surface area (Å²) in [6, 6.07) is 12.8. The molecule has 0 fully saturated rings. The number of rotatable bonds is 3. The summed E-state index contributed by atoms with van der Waals surface area (Å²) in [5.41, 5.74) is 3.68. The van der Waals surface area contributed by atoms with Crippen LogP contribution in [0.5, 0.6) is 5.75 Å². The van der Waals surface area contributed by atoms with Gasteiger partial charge >= 0.3 is 0 Å². The van der Waals surface area contributed by atoms with Crippen molar-refractivity contribution < 1.29 is 4.74 Å². The number of halogens is 2. The molecule has 0 saturated carbocycles. The van der Waals surface area contributed by atoms with E-state index in [1.165, 1.54) is 11.1 Å². The van der Waals surface area contributed by atoms with Crippen LogP contribution in [0.3, 0.4) is 0 Å². The lowest BCUT2D eigenvalue weighted by molar-refractivity contribution is 0.357. The highest BCUT2D eigenvalue weighted by molar-refractivity contribution is 9.11. The minimum Gasteiger partial charge on any atom is -0.493 e. The number of hydrogen-bond acceptors (Lipinski definition) is 2. The van der Waals surface area contributed by atoms with E-state index in [0.717, 1.165) is 33.4 Å². The summed E-state index contributed by atoms with van der Waals surface area (Å²) < 4.78 is 7.69. The van der Waals surface area contributed by atoms with Crippen molar-refractivity contribution in [2.75, 3.05) is 11.9 Å². The van der Waals surface area contributed by atoms with E-state index in [1.807, 2.05) is 12.1 Å². The molecular formula is C16H15Br2NO. The standard InChI is InChI=1S/C16H15Br2NO/c1-10(19-15-9-13(17)3-4-14(15)18)11-2-5-16-12(8-11)6-7-20-16/h2-5,8-10,19H,6-7H2,1H3. The van der Waals surface area contributed by atoms with E-state index < -0.39 is 0 Å². The fraction of sp³-hybridized carbons (Fsp3) is 0.250. The Kier molecular flexibility index (Phi) is 4.03. The van der Waals surface area contributed by atoms with Gasteiger partial charge in [-0.2, -0.15) is 0 Å². The Labute approximate surface area is 135 Å². The molecule has 1 atom stereocenters. The van der Waals surface area contributed by atoms with Gasteiger partial charge in [-0.05, 0) is 64.3 Å². The molecule has 20 heavy (non-hydrogen) atoms. The number of ether oxygens (including phenoxy) is 1. The van der Waals surface area contributed by atoms with Crippen LogP contribution in [0, 0.1) is 0 Å². The van der Waals surface area contributed by atoms with Crippen LogP contribution in [0.15, 0.2) is 45.3 Å². The third kappa shape index (κ3) is 2.86. The second kappa shape index (κ2) is 5.78. The molecule has 2 nitrogen and oxygen atoms in total. The molecule has 3 rings (SSSR count). The zero-order valence-corrected chi connectivity index (χ0v) is 14.3. The maximum absolute atomic E-state index is 5.55. The smallest absolute Gasteiger partial charge is 0.122 e. The molecule has 1 unspecified atom stereocenters. The second-order valence-electron chi connectivity index (χ2n) is 4.96. The molecule has 0 bridgehead atoms. The Balaban J connectivity index is 1.82. The molecule has 2 aromatic rings.